The molecular weight excluding hydrogens is 399 g/mol. The summed E-state index contributed by atoms with van der Waals surface area (Å²) in [6.07, 6.45) is -4.34. The molecule has 4 rings (SSSR count). The number of halogens is 3. The molecule has 1 fully saturated rings. The van der Waals surface area contributed by atoms with Crippen LogP contribution in [0.4, 0.5) is 18.3 Å². The van der Waals surface area contributed by atoms with E-state index in [0.717, 1.165) is 55.0 Å². The Morgan fingerprint density at radius 1 is 1.03 bits per heavy atom. The molecule has 2 aromatic carbocycles. The summed E-state index contributed by atoms with van der Waals surface area (Å²) < 4.78 is 39.3. The van der Waals surface area contributed by atoms with Crippen molar-refractivity contribution in [1.29, 1.82) is 0 Å². The number of nitrogens with zero attached hydrogens (tertiary/aromatic N) is 3. The first kappa shape index (κ1) is 20.1. The molecule has 1 N–H and O–H groups in total. The SMILES string of the molecule is Cc1cc(CO)cc(CN2CCN(c3nc4ccc(C(F)(F)F)cc4s3)CC2)c1. The molecule has 29 heavy (non-hydrogen) atoms. The lowest BCUT2D eigenvalue weighted by atomic mass is 10.1. The minimum absolute atomic E-state index is 0.0378. The van der Waals surface area contributed by atoms with Crippen molar-refractivity contribution in [1.82, 2.24) is 9.88 Å². The highest BCUT2D eigenvalue weighted by molar-refractivity contribution is 7.22. The number of rotatable bonds is 4. The van der Waals surface area contributed by atoms with Gasteiger partial charge in [-0.05, 0) is 36.2 Å². The summed E-state index contributed by atoms with van der Waals surface area (Å²) in [6, 6.07) is 9.88. The van der Waals surface area contributed by atoms with Crippen molar-refractivity contribution >= 4 is 26.7 Å². The molecular formula is C21H22F3N3OS. The van der Waals surface area contributed by atoms with Crippen LogP contribution >= 0.6 is 11.3 Å². The molecule has 0 bridgehead atoms. The zero-order valence-electron chi connectivity index (χ0n) is 16.0. The Kier molecular flexibility index (Phi) is 5.50. The summed E-state index contributed by atoms with van der Waals surface area (Å²) >= 11 is 1.31. The third-order valence-electron chi connectivity index (χ3n) is 5.13. The number of aromatic nitrogens is 1. The number of thiazole rings is 1. The van der Waals surface area contributed by atoms with Crippen LogP contribution in [0, 0.1) is 6.92 Å². The van der Waals surface area contributed by atoms with E-state index in [1.165, 1.54) is 29.0 Å². The molecule has 1 aliphatic rings. The predicted molar refractivity (Wildman–Crippen MR) is 109 cm³/mol. The maximum absolute atomic E-state index is 12.9. The number of aliphatic hydroxyl groups excluding tert-OH is 1. The highest BCUT2D eigenvalue weighted by Crippen LogP contribution is 2.35. The molecule has 1 saturated heterocycles. The van der Waals surface area contributed by atoms with E-state index in [0.29, 0.717) is 10.2 Å². The quantitative estimate of drug-likeness (QED) is 0.676. The van der Waals surface area contributed by atoms with Crippen molar-refractivity contribution in [3.05, 3.63) is 58.7 Å². The van der Waals surface area contributed by atoms with E-state index in [1.54, 1.807) is 0 Å². The molecule has 154 valence electrons. The third-order valence-corrected chi connectivity index (χ3v) is 6.21. The minimum Gasteiger partial charge on any atom is -0.392 e. The van der Waals surface area contributed by atoms with Gasteiger partial charge in [-0.15, -0.1) is 0 Å². The van der Waals surface area contributed by atoms with Crippen LogP contribution in [0.2, 0.25) is 0 Å². The monoisotopic (exact) mass is 421 g/mol. The number of alkyl halides is 3. The van der Waals surface area contributed by atoms with Gasteiger partial charge < -0.3 is 10.0 Å². The van der Waals surface area contributed by atoms with Crippen LogP contribution in [-0.2, 0) is 19.3 Å². The Hall–Kier alpha value is -2.16. The average Bonchev–Trinajstić information content (AvgIpc) is 3.10. The molecule has 0 saturated carbocycles. The Labute approximate surface area is 171 Å². The Bertz CT molecular complexity index is 1010. The van der Waals surface area contributed by atoms with E-state index < -0.39 is 11.7 Å². The number of piperazine rings is 1. The van der Waals surface area contributed by atoms with Crippen LogP contribution in [0.25, 0.3) is 10.2 Å². The average molecular weight is 421 g/mol. The van der Waals surface area contributed by atoms with Crippen LogP contribution in [0.5, 0.6) is 0 Å². The Morgan fingerprint density at radius 2 is 1.76 bits per heavy atom. The summed E-state index contributed by atoms with van der Waals surface area (Å²) in [5.41, 5.74) is 3.22. The molecule has 4 nitrogen and oxygen atoms in total. The van der Waals surface area contributed by atoms with Crippen molar-refractivity contribution in [2.75, 3.05) is 31.1 Å². The van der Waals surface area contributed by atoms with Crippen molar-refractivity contribution < 1.29 is 18.3 Å². The van der Waals surface area contributed by atoms with E-state index in [1.807, 2.05) is 19.1 Å². The smallest absolute Gasteiger partial charge is 0.392 e. The number of aliphatic hydroxyl groups is 1. The lowest BCUT2D eigenvalue weighted by molar-refractivity contribution is -0.137. The van der Waals surface area contributed by atoms with Gasteiger partial charge in [0.15, 0.2) is 5.13 Å². The molecule has 1 aromatic heterocycles. The maximum atomic E-state index is 12.9. The number of aryl methyl sites for hydroxylation is 1. The first-order valence-electron chi connectivity index (χ1n) is 9.47. The second-order valence-electron chi connectivity index (χ2n) is 7.42. The summed E-state index contributed by atoms with van der Waals surface area (Å²) in [6.45, 7) is 6.15. The molecule has 3 aromatic rings. The van der Waals surface area contributed by atoms with Crippen molar-refractivity contribution in [2.45, 2.75) is 26.3 Å². The summed E-state index contributed by atoms with van der Waals surface area (Å²) in [5, 5.41) is 10.2. The predicted octanol–water partition coefficient (Wildman–Crippen LogP) is 4.44. The van der Waals surface area contributed by atoms with Gasteiger partial charge in [0, 0.05) is 32.7 Å². The maximum Gasteiger partial charge on any atom is 0.416 e. The van der Waals surface area contributed by atoms with Crippen molar-refractivity contribution in [2.24, 2.45) is 0 Å². The standard InChI is InChI=1S/C21H22F3N3OS/c1-14-8-15(10-16(9-14)13-28)12-26-4-6-27(7-5-26)20-25-18-3-2-17(21(22,23)24)11-19(18)29-20/h2-3,8-11,28H,4-7,12-13H2,1H3. The molecule has 8 heteroatoms. The fourth-order valence-electron chi connectivity index (χ4n) is 3.71. The van der Waals surface area contributed by atoms with Gasteiger partial charge in [0.2, 0.25) is 0 Å². The molecule has 2 heterocycles. The Balaban J connectivity index is 1.42. The molecule has 0 spiro atoms. The normalized spacial score (nSPS) is 16.0. The highest BCUT2D eigenvalue weighted by Gasteiger charge is 2.31. The largest absolute Gasteiger partial charge is 0.416 e. The van der Waals surface area contributed by atoms with E-state index in [4.69, 9.17) is 0 Å². The summed E-state index contributed by atoms with van der Waals surface area (Å²) in [5.74, 6) is 0. The number of hydrogen-bond donors (Lipinski definition) is 1. The molecule has 0 aliphatic carbocycles. The fourth-order valence-corrected chi connectivity index (χ4v) is 4.77. The molecule has 0 atom stereocenters. The van der Waals surface area contributed by atoms with Crippen LogP contribution < -0.4 is 4.90 Å². The van der Waals surface area contributed by atoms with E-state index in [9.17, 15) is 18.3 Å². The minimum atomic E-state index is -4.34. The van der Waals surface area contributed by atoms with Crippen molar-refractivity contribution in [3.8, 4) is 0 Å². The number of anilines is 1. The Morgan fingerprint density at radius 3 is 2.45 bits per heavy atom. The van der Waals surface area contributed by atoms with Gasteiger partial charge in [-0.3, -0.25) is 4.90 Å². The fraction of sp³-hybridized carbons (Fsp3) is 0.381. The van der Waals surface area contributed by atoms with Crippen LogP contribution in [-0.4, -0.2) is 41.2 Å². The topological polar surface area (TPSA) is 39.6 Å². The van der Waals surface area contributed by atoms with Gasteiger partial charge in [-0.2, -0.15) is 13.2 Å². The first-order chi connectivity index (χ1) is 13.8. The highest BCUT2D eigenvalue weighted by atomic mass is 32.1. The molecule has 0 radical (unpaired) electrons. The number of hydrogen-bond acceptors (Lipinski definition) is 5. The molecule has 0 unspecified atom stereocenters. The second-order valence-corrected chi connectivity index (χ2v) is 8.43. The van der Waals surface area contributed by atoms with Gasteiger partial charge in [0.1, 0.15) is 0 Å². The summed E-state index contributed by atoms with van der Waals surface area (Å²) in [4.78, 5) is 9.03. The van der Waals surface area contributed by atoms with Gasteiger partial charge in [-0.25, -0.2) is 4.98 Å². The zero-order valence-corrected chi connectivity index (χ0v) is 16.9. The lowest BCUT2D eigenvalue weighted by Gasteiger charge is -2.34. The van der Waals surface area contributed by atoms with E-state index in [2.05, 4.69) is 20.9 Å². The van der Waals surface area contributed by atoms with E-state index in [-0.39, 0.29) is 6.61 Å². The first-order valence-corrected chi connectivity index (χ1v) is 10.3. The van der Waals surface area contributed by atoms with Gasteiger partial charge in [0.25, 0.3) is 0 Å². The van der Waals surface area contributed by atoms with Crippen LogP contribution in [0.3, 0.4) is 0 Å². The zero-order chi connectivity index (χ0) is 20.6. The third kappa shape index (κ3) is 4.55. The second kappa shape index (κ2) is 7.93. The number of benzene rings is 2. The number of fused-ring (bicyclic) bond motifs is 1. The van der Waals surface area contributed by atoms with Gasteiger partial charge in [0.05, 0.1) is 22.4 Å². The molecule has 0 amide bonds. The molecule has 1 aliphatic heterocycles. The van der Waals surface area contributed by atoms with Gasteiger partial charge >= 0.3 is 6.18 Å². The van der Waals surface area contributed by atoms with Crippen LogP contribution in [0.1, 0.15) is 22.3 Å². The van der Waals surface area contributed by atoms with Crippen molar-refractivity contribution in [3.63, 3.8) is 0 Å². The van der Waals surface area contributed by atoms with Gasteiger partial charge in [-0.1, -0.05) is 35.1 Å². The lowest BCUT2D eigenvalue weighted by Crippen LogP contribution is -2.45. The summed E-state index contributed by atoms with van der Waals surface area (Å²) in [7, 11) is 0. The van der Waals surface area contributed by atoms with E-state index >= 15 is 0 Å². The van der Waals surface area contributed by atoms with Crippen LogP contribution in [0.15, 0.2) is 36.4 Å².